The van der Waals surface area contributed by atoms with Gasteiger partial charge in [0.2, 0.25) is 0 Å². The summed E-state index contributed by atoms with van der Waals surface area (Å²) in [6, 6.07) is 19.2. The molecule has 0 fully saturated rings. The fourth-order valence-electron chi connectivity index (χ4n) is 6.78. The summed E-state index contributed by atoms with van der Waals surface area (Å²) in [4.78, 5) is 37.0. The van der Waals surface area contributed by atoms with Gasteiger partial charge in [0.05, 0.1) is 16.5 Å². The fourth-order valence-corrected chi connectivity index (χ4v) is 9.51. The van der Waals surface area contributed by atoms with Crippen molar-refractivity contribution in [1.82, 2.24) is 9.97 Å². The van der Waals surface area contributed by atoms with E-state index in [1.54, 1.807) is 40.9 Å². The number of aryl methyl sites for hydroxylation is 4. The summed E-state index contributed by atoms with van der Waals surface area (Å²) in [6.07, 6.45) is 13.6. The molecular weight excluding hydrogens is 813 g/mol. The van der Waals surface area contributed by atoms with Crippen LogP contribution in [0.25, 0.3) is 22.3 Å². The molecule has 0 saturated heterocycles. The van der Waals surface area contributed by atoms with E-state index in [-0.39, 0.29) is 16.5 Å². The molecular formula is C43H41Cl3F2N4O2S2. The number of benzene rings is 2. The maximum Gasteiger partial charge on any atom is 0.259 e. The first-order valence-corrected chi connectivity index (χ1v) is 21.1. The van der Waals surface area contributed by atoms with E-state index in [2.05, 4.69) is 35.2 Å². The van der Waals surface area contributed by atoms with Crippen molar-refractivity contribution in [3.05, 3.63) is 139 Å². The molecule has 292 valence electrons. The highest BCUT2D eigenvalue weighted by Crippen LogP contribution is 2.41. The van der Waals surface area contributed by atoms with Crippen LogP contribution in [0, 0.1) is 25.5 Å². The summed E-state index contributed by atoms with van der Waals surface area (Å²) in [5.41, 5.74) is 13.6. The number of carbonyl (C=O) groups is 2. The number of rotatable bonds is 5. The minimum atomic E-state index is -0.766. The number of aromatic nitrogens is 2. The third-order valence-corrected chi connectivity index (χ3v) is 11.9. The molecule has 4 aromatic heterocycles. The highest BCUT2D eigenvalue weighted by molar-refractivity contribution is 7.13. The molecule has 6 aromatic rings. The van der Waals surface area contributed by atoms with Gasteiger partial charge in [-0.3, -0.25) is 9.59 Å². The number of pyridine rings is 2. The van der Waals surface area contributed by atoms with Gasteiger partial charge >= 0.3 is 0 Å². The number of anilines is 2. The average molecular weight is 854 g/mol. The van der Waals surface area contributed by atoms with Crippen LogP contribution in [0.3, 0.4) is 0 Å². The predicted molar refractivity (Wildman–Crippen MR) is 230 cm³/mol. The summed E-state index contributed by atoms with van der Waals surface area (Å²) in [7, 11) is 0. The number of fused-ring (bicyclic) bond motifs is 2. The van der Waals surface area contributed by atoms with E-state index in [0.29, 0.717) is 11.6 Å². The zero-order valence-electron chi connectivity index (χ0n) is 30.9. The molecule has 0 saturated carbocycles. The second-order valence-corrected chi connectivity index (χ2v) is 16.7. The number of nitrogens with zero attached hydrogens (tertiary/aromatic N) is 2. The van der Waals surface area contributed by atoms with Crippen LogP contribution in [0.4, 0.5) is 20.4 Å². The first-order valence-electron chi connectivity index (χ1n) is 18.0. The molecule has 2 aliphatic carbocycles. The number of nitrogens with two attached hydrogens (primary N) is 1. The van der Waals surface area contributed by atoms with Gasteiger partial charge in [-0.15, -0.1) is 45.9 Å². The Morgan fingerprint density at radius 2 is 1.16 bits per heavy atom. The van der Waals surface area contributed by atoms with Crippen LogP contribution in [-0.4, -0.2) is 26.5 Å². The summed E-state index contributed by atoms with van der Waals surface area (Å²) < 4.78 is 26.3. The number of nitrogens with one attached hydrogen (secondary N) is 1. The Bertz CT molecular complexity index is 2260. The Morgan fingerprint density at radius 3 is 1.59 bits per heavy atom. The maximum absolute atomic E-state index is 13.7. The lowest BCUT2D eigenvalue weighted by atomic mass is 9.92. The number of thiophene rings is 2. The number of alkyl halides is 2. The molecule has 3 N–H and O–H groups in total. The lowest BCUT2D eigenvalue weighted by Crippen LogP contribution is -2.14. The number of amides is 1. The van der Waals surface area contributed by atoms with Gasteiger partial charge in [0.1, 0.15) is 23.3 Å². The summed E-state index contributed by atoms with van der Waals surface area (Å²) in [6.45, 7) is 4.38. The van der Waals surface area contributed by atoms with Crippen LogP contribution in [0.1, 0.15) is 77.0 Å². The predicted octanol–water partition coefficient (Wildman–Crippen LogP) is 12.6. The minimum Gasteiger partial charge on any atom is -0.384 e. The topological polar surface area (TPSA) is 98.0 Å². The molecule has 8 rings (SSSR count). The van der Waals surface area contributed by atoms with E-state index < -0.39 is 22.8 Å². The van der Waals surface area contributed by atoms with Crippen molar-refractivity contribution in [2.75, 3.05) is 16.4 Å². The summed E-state index contributed by atoms with van der Waals surface area (Å²) in [5.74, 6) is -0.601. The van der Waals surface area contributed by atoms with Gasteiger partial charge in [-0.2, -0.15) is 0 Å². The highest BCUT2D eigenvalue weighted by Gasteiger charge is 2.21. The Hall–Kier alpha value is -4.19. The Balaban J connectivity index is 0.000000171. The normalized spacial score (nSPS) is 12.6. The van der Waals surface area contributed by atoms with Crippen molar-refractivity contribution in [3.8, 4) is 22.3 Å². The molecule has 56 heavy (non-hydrogen) atoms. The Labute approximate surface area is 349 Å². The standard InChI is InChI=1S/C21H19FN2OS.C14H16N2S.C7H4ClFO.CH2Cl2/c1-13-20(16-7-3-5-9-18(16)26-13)14-10-11-19(23-12-14)24-21(25)15-6-2-4-8-17(15)22;1-9-14(10-6-7-13(15)16-8-10)11-4-2-3-5-12(11)17-9;8-7(10)5-3-1-2-4-6(5)9;2-1-3/h2,4,6,8,10-12H,3,5,7,9H2,1H3,(H,23,24,25);6-8H,2-5H2,1H3,(H2,15,16);1-4H;1H2. The van der Waals surface area contributed by atoms with E-state index in [1.165, 1.54) is 112 Å². The molecule has 2 aromatic carbocycles. The van der Waals surface area contributed by atoms with Crippen LogP contribution in [0.5, 0.6) is 0 Å². The highest BCUT2D eigenvalue weighted by atomic mass is 35.5. The average Bonchev–Trinajstić information content (AvgIpc) is 3.71. The molecule has 0 radical (unpaired) electrons. The van der Waals surface area contributed by atoms with Crippen LogP contribution >= 0.6 is 57.5 Å². The molecule has 0 unspecified atom stereocenters. The van der Waals surface area contributed by atoms with Crippen LogP contribution < -0.4 is 11.1 Å². The largest absolute Gasteiger partial charge is 0.384 e. The summed E-state index contributed by atoms with van der Waals surface area (Å²) in [5, 5.41) is 2.09. The number of hydrogen-bond donors (Lipinski definition) is 2. The first-order chi connectivity index (χ1) is 27.0. The molecule has 0 aliphatic heterocycles. The quantitative estimate of drug-likeness (QED) is 0.133. The van der Waals surface area contributed by atoms with Crippen LogP contribution in [-0.2, 0) is 25.7 Å². The number of nitrogen functional groups attached to an aromatic ring is 1. The van der Waals surface area contributed by atoms with Gasteiger partial charge < -0.3 is 11.1 Å². The van der Waals surface area contributed by atoms with Crippen molar-refractivity contribution in [2.24, 2.45) is 0 Å². The molecule has 6 nitrogen and oxygen atoms in total. The van der Waals surface area contributed by atoms with Crippen molar-refractivity contribution in [2.45, 2.75) is 65.2 Å². The van der Waals surface area contributed by atoms with Gasteiger partial charge in [-0.05, 0) is 136 Å². The van der Waals surface area contributed by atoms with E-state index in [1.807, 2.05) is 41.0 Å². The van der Waals surface area contributed by atoms with E-state index in [9.17, 15) is 18.4 Å². The molecule has 13 heteroatoms. The summed E-state index contributed by atoms with van der Waals surface area (Å²) >= 11 is 18.4. The van der Waals surface area contributed by atoms with Crippen molar-refractivity contribution >= 4 is 80.3 Å². The second kappa shape index (κ2) is 20.8. The van der Waals surface area contributed by atoms with E-state index >= 15 is 0 Å². The number of halogens is 5. The lowest BCUT2D eigenvalue weighted by Gasteiger charge is -2.13. The molecule has 2 aliphatic rings. The third kappa shape index (κ3) is 11.0. The van der Waals surface area contributed by atoms with Crippen LogP contribution in [0.2, 0.25) is 0 Å². The van der Waals surface area contributed by atoms with Gasteiger partial charge in [-0.25, -0.2) is 18.7 Å². The monoisotopic (exact) mass is 852 g/mol. The number of hydrogen-bond acceptors (Lipinski definition) is 7. The SMILES string of the molecule is Cc1sc2c(c1-c1ccc(N)nc1)CCCC2.Cc1sc2c(c1-c1ccc(NC(=O)c3ccccc3F)nc1)CCCC2.ClCCl.O=C(Cl)c1ccccc1F. The van der Waals surface area contributed by atoms with E-state index in [4.69, 9.17) is 40.5 Å². The van der Waals surface area contributed by atoms with Crippen molar-refractivity contribution in [3.63, 3.8) is 0 Å². The fraction of sp³-hybridized carbons (Fsp3) is 0.256. The Kier molecular flexibility index (Phi) is 16.0. The second-order valence-electron chi connectivity index (χ2n) is 13.0. The Morgan fingerprint density at radius 1 is 0.696 bits per heavy atom. The maximum atomic E-state index is 13.7. The molecule has 1 amide bonds. The minimum absolute atomic E-state index is 0.0149. The molecule has 4 heterocycles. The zero-order chi connectivity index (χ0) is 40.2. The first kappa shape index (κ1) is 42.9. The molecule has 0 bridgehead atoms. The van der Waals surface area contributed by atoms with E-state index in [0.717, 1.165) is 12.0 Å². The number of carbonyl (C=O) groups excluding carboxylic acids is 2. The van der Waals surface area contributed by atoms with Gasteiger partial charge in [0.25, 0.3) is 11.1 Å². The van der Waals surface area contributed by atoms with Crippen LogP contribution in [0.15, 0.2) is 85.2 Å². The van der Waals surface area contributed by atoms with Gasteiger partial charge in [0.15, 0.2) is 0 Å². The van der Waals surface area contributed by atoms with Crippen molar-refractivity contribution < 1.29 is 18.4 Å². The molecule has 0 spiro atoms. The zero-order valence-corrected chi connectivity index (χ0v) is 34.8. The van der Waals surface area contributed by atoms with Crippen molar-refractivity contribution in [1.29, 1.82) is 0 Å². The smallest absolute Gasteiger partial charge is 0.259 e. The third-order valence-electron chi connectivity index (χ3n) is 9.27. The van der Waals surface area contributed by atoms with Gasteiger partial charge in [0, 0.05) is 54.2 Å². The molecule has 0 atom stereocenters. The lowest BCUT2D eigenvalue weighted by molar-refractivity contribution is 0.102. The van der Waals surface area contributed by atoms with Gasteiger partial charge in [-0.1, -0.05) is 24.3 Å².